The number of piperazine rings is 1. The third-order valence-electron chi connectivity index (χ3n) is 8.66. The topological polar surface area (TPSA) is 106 Å². The summed E-state index contributed by atoms with van der Waals surface area (Å²) < 4.78 is 5.45. The van der Waals surface area contributed by atoms with Gasteiger partial charge in [-0.05, 0) is 46.0 Å². The molecule has 244 valence electrons. The predicted molar refractivity (Wildman–Crippen MR) is 182 cm³/mol. The minimum atomic E-state index is -1.56. The first-order valence-corrected chi connectivity index (χ1v) is 17.6. The second-order valence-electron chi connectivity index (χ2n) is 11.9. The molecule has 0 bridgehead atoms. The Morgan fingerprint density at radius 1 is 0.957 bits per heavy atom. The fourth-order valence-electron chi connectivity index (χ4n) is 6.51. The van der Waals surface area contributed by atoms with Crippen molar-refractivity contribution in [2.75, 3.05) is 26.3 Å². The smallest absolute Gasteiger partial charge is 0.332 e. The van der Waals surface area contributed by atoms with Crippen LogP contribution in [0.1, 0.15) is 30.0 Å². The SMILES string of the molecule is CCCN(C(=O)NCc1ccccc1)N1CC(=O)N2[C@@H](Cc3ccc(OP(C)O)cc3)C(=O)N(Cc3cccc4ccccc34)C[C@@H]21. The van der Waals surface area contributed by atoms with Crippen molar-refractivity contribution in [3.8, 4) is 5.75 Å². The standard InChI is InChI=1S/C36H40N5O5P/c1-3-20-39(36(44)37-22-27-10-5-4-6-11-27)40-25-34(42)41-32(21-26-16-18-30(19-17-26)46-47(2)45)35(43)38(24-33(40)41)23-29-14-9-13-28-12-7-8-15-31(28)29/h4-19,32-33,45H,3,20-25H2,1-2H3,(H,37,44)/t32-,33+,47?/m0/s1. The van der Waals surface area contributed by atoms with Crippen molar-refractivity contribution in [3.05, 3.63) is 114 Å². The van der Waals surface area contributed by atoms with Crippen LogP contribution in [0.25, 0.3) is 10.8 Å². The lowest BCUT2D eigenvalue weighted by molar-refractivity contribution is -0.157. The Morgan fingerprint density at radius 3 is 2.43 bits per heavy atom. The van der Waals surface area contributed by atoms with Crippen LogP contribution in [-0.4, -0.2) is 81.1 Å². The Labute approximate surface area is 276 Å². The highest BCUT2D eigenvalue weighted by atomic mass is 31.2. The first-order valence-electron chi connectivity index (χ1n) is 15.9. The molecule has 3 atom stereocenters. The van der Waals surface area contributed by atoms with Gasteiger partial charge in [0, 0.05) is 32.7 Å². The zero-order valence-corrected chi connectivity index (χ0v) is 27.6. The molecular formula is C36H40N5O5P. The number of carbonyl (C=O) groups is 3. The van der Waals surface area contributed by atoms with E-state index in [0.717, 1.165) is 27.5 Å². The van der Waals surface area contributed by atoms with Crippen molar-refractivity contribution in [2.24, 2.45) is 0 Å². The van der Waals surface area contributed by atoms with E-state index in [1.54, 1.807) is 28.7 Å². The molecule has 2 N–H and O–H groups in total. The number of nitrogens with one attached hydrogen (secondary N) is 1. The highest BCUT2D eigenvalue weighted by Crippen LogP contribution is 2.33. The molecule has 11 heteroatoms. The number of benzene rings is 4. The summed E-state index contributed by atoms with van der Waals surface area (Å²) in [4.78, 5) is 55.0. The van der Waals surface area contributed by atoms with Crippen molar-refractivity contribution in [2.45, 2.75) is 45.1 Å². The molecule has 4 amide bonds. The zero-order chi connectivity index (χ0) is 32.9. The Hall–Kier alpha value is -4.50. The summed E-state index contributed by atoms with van der Waals surface area (Å²) in [6.45, 7) is 5.02. The van der Waals surface area contributed by atoms with E-state index in [1.165, 1.54) is 0 Å². The van der Waals surface area contributed by atoms with Crippen molar-refractivity contribution < 1.29 is 23.8 Å². The predicted octanol–water partition coefficient (Wildman–Crippen LogP) is 5.11. The molecule has 10 nitrogen and oxygen atoms in total. The molecule has 0 aromatic heterocycles. The molecule has 2 fully saturated rings. The molecule has 4 aromatic carbocycles. The molecular weight excluding hydrogens is 613 g/mol. The van der Waals surface area contributed by atoms with Gasteiger partial charge in [0.05, 0.1) is 13.1 Å². The van der Waals surface area contributed by atoms with Gasteiger partial charge in [0.15, 0.2) is 0 Å². The van der Waals surface area contributed by atoms with Crippen LogP contribution in [0.5, 0.6) is 5.75 Å². The van der Waals surface area contributed by atoms with E-state index in [-0.39, 0.29) is 30.9 Å². The summed E-state index contributed by atoms with van der Waals surface area (Å²) in [6.07, 6.45) is 0.477. The van der Waals surface area contributed by atoms with Crippen molar-refractivity contribution in [1.29, 1.82) is 0 Å². The molecule has 0 radical (unpaired) electrons. The summed E-state index contributed by atoms with van der Waals surface area (Å²) in [5, 5.41) is 8.67. The number of hydrazine groups is 1. The van der Waals surface area contributed by atoms with Gasteiger partial charge >= 0.3 is 6.03 Å². The van der Waals surface area contributed by atoms with Crippen LogP contribution in [0.3, 0.4) is 0 Å². The minimum absolute atomic E-state index is 0.00135. The van der Waals surface area contributed by atoms with Gasteiger partial charge in [0.2, 0.25) is 20.2 Å². The molecule has 2 aliphatic heterocycles. The molecule has 2 saturated heterocycles. The van der Waals surface area contributed by atoms with E-state index >= 15 is 0 Å². The maximum atomic E-state index is 14.3. The van der Waals surface area contributed by atoms with Gasteiger partial charge in [-0.2, -0.15) is 5.01 Å². The average Bonchev–Trinajstić information content (AvgIpc) is 3.40. The summed E-state index contributed by atoms with van der Waals surface area (Å²) >= 11 is 0. The Bertz CT molecular complexity index is 1710. The van der Waals surface area contributed by atoms with E-state index in [0.29, 0.717) is 38.2 Å². The fraction of sp³-hybridized carbons (Fsp3) is 0.306. The van der Waals surface area contributed by atoms with Crippen molar-refractivity contribution in [1.82, 2.24) is 25.1 Å². The largest absolute Gasteiger partial charge is 0.448 e. The van der Waals surface area contributed by atoms with Crippen molar-refractivity contribution >= 4 is 37.0 Å². The molecule has 2 aliphatic rings. The molecule has 0 aliphatic carbocycles. The van der Waals surface area contributed by atoms with E-state index in [4.69, 9.17) is 4.52 Å². The van der Waals surface area contributed by atoms with Gasteiger partial charge in [-0.3, -0.25) is 14.6 Å². The summed E-state index contributed by atoms with van der Waals surface area (Å²) in [6, 6.07) is 30.1. The lowest BCUT2D eigenvalue weighted by Gasteiger charge is -2.46. The molecule has 0 spiro atoms. The van der Waals surface area contributed by atoms with Gasteiger partial charge in [-0.25, -0.2) is 4.79 Å². The minimum Gasteiger partial charge on any atom is -0.448 e. The first kappa shape index (κ1) is 32.4. The van der Waals surface area contributed by atoms with Crippen LogP contribution < -0.4 is 9.84 Å². The number of carbonyl (C=O) groups excluding carboxylic acids is 3. The second kappa shape index (κ2) is 14.5. The Balaban J connectivity index is 1.31. The molecule has 2 heterocycles. The van der Waals surface area contributed by atoms with Crippen LogP contribution >= 0.6 is 8.38 Å². The molecule has 1 unspecified atom stereocenters. The summed E-state index contributed by atoms with van der Waals surface area (Å²) in [7, 11) is -1.56. The normalized spacial score (nSPS) is 18.7. The lowest BCUT2D eigenvalue weighted by atomic mass is 9.99. The highest BCUT2D eigenvalue weighted by molar-refractivity contribution is 7.45. The van der Waals surface area contributed by atoms with Gasteiger partial charge < -0.3 is 24.5 Å². The monoisotopic (exact) mass is 653 g/mol. The summed E-state index contributed by atoms with van der Waals surface area (Å²) in [5.41, 5.74) is 2.86. The Morgan fingerprint density at radius 2 is 1.68 bits per heavy atom. The fourth-order valence-corrected chi connectivity index (χ4v) is 6.94. The van der Waals surface area contributed by atoms with E-state index < -0.39 is 20.6 Å². The lowest BCUT2D eigenvalue weighted by Crippen LogP contribution is -2.66. The Kier molecular flexibility index (Phi) is 10.0. The number of urea groups is 1. The second-order valence-corrected chi connectivity index (χ2v) is 13.0. The quantitative estimate of drug-likeness (QED) is 0.218. The number of nitrogens with zero attached hydrogens (tertiary/aromatic N) is 4. The van der Waals surface area contributed by atoms with Crippen LogP contribution in [-0.2, 0) is 29.1 Å². The molecule has 0 saturated carbocycles. The van der Waals surface area contributed by atoms with Crippen LogP contribution in [0.4, 0.5) is 4.79 Å². The zero-order valence-electron chi connectivity index (χ0n) is 26.7. The number of hydrogen-bond acceptors (Lipinski definition) is 6. The van der Waals surface area contributed by atoms with E-state index in [1.807, 2.05) is 83.6 Å². The summed E-state index contributed by atoms with van der Waals surface area (Å²) in [5.74, 6) is 0.218. The third-order valence-corrected chi connectivity index (χ3v) is 9.14. The number of rotatable bonds is 11. The first-order chi connectivity index (χ1) is 22.8. The number of amides is 4. The van der Waals surface area contributed by atoms with Gasteiger partial charge in [-0.15, -0.1) is 0 Å². The molecule has 6 rings (SSSR count). The van der Waals surface area contributed by atoms with Gasteiger partial charge in [0.25, 0.3) is 0 Å². The van der Waals surface area contributed by atoms with Crippen LogP contribution in [0.2, 0.25) is 0 Å². The maximum absolute atomic E-state index is 14.3. The van der Waals surface area contributed by atoms with Gasteiger partial charge in [0.1, 0.15) is 18.0 Å². The highest BCUT2D eigenvalue weighted by Gasteiger charge is 2.52. The van der Waals surface area contributed by atoms with Crippen LogP contribution in [0, 0.1) is 0 Å². The molecule has 47 heavy (non-hydrogen) atoms. The third kappa shape index (κ3) is 7.25. The molecule has 4 aromatic rings. The number of fused-ring (bicyclic) bond motifs is 2. The van der Waals surface area contributed by atoms with Crippen LogP contribution in [0.15, 0.2) is 97.1 Å². The average molecular weight is 654 g/mol. The van der Waals surface area contributed by atoms with Gasteiger partial charge in [-0.1, -0.05) is 91.9 Å². The number of hydrogen-bond donors (Lipinski definition) is 2. The van der Waals surface area contributed by atoms with Crippen molar-refractivity contribution in [3.63, 3.8) is 0 Å². The van der Waals surface area contributed by atoms with E-state index in [2.05, 4.69) is 23.5 Å². The van der Waals surface area contributed by atoms with E-state index in [9.17, 15) is 19.3 Å². The maximum Gasteiger partial charge on any atom is 0.332 e.